The van der Waals surface area contributed by atoms with Crippen molar-refractivity contribution in [3.8, 4) is 11.5 Å². The lowest BCUT2D eigenvalue weighted by Crippen LogP contribution is -2.34. The highest BCUT2D eigenvalue weighted by Gasteiger charge is 2.36. The zero-order chi connectivity index (χ0) is 17.1. The van der Waals surface area contributed by atoms with Crippen LogP contribution in [0.3, 0.4) is 0 Å². The molecular formula is C16H13BrO6. The largest absolute Gasteiger partial charge is 0.503 e. The summed E-state index contributed by atoms with van der Waals surface area (Å²) in [6.45, 7) is 1.46. The van der Waals surface area contributed by atoms with Gasteiger partial charge in [0.05, 0.1) is 11.6 Å². The second-order valence-electron chi connectivity index (χ2n) is 4.80. The Hall–Kier alpha value is -2.41. The summed E-state index contributed by atoms with van der Waals surface area (Å²) in [5.74, 6) is -3.31. The summed E-state index contributed by atoms with van der Waals surface area (Å²) in [5, 5.41) is 9.72. The maximum atomic E-state index is 12.1. The van der Waals surface area contributed by atoms with E-state index in [4.69, 9.17) is 9.47 Å². The van der Waals surface area contributed by atoms with E-state index in [1.807, 2.05) is 0 Å². The van der Waals surface area contributed by atoms with Crippen LogP contribution in [0.25, 0.3) is 6.08 Å². The molecule has 0 radical (unpaired) electrons. The number of methoxy groups -OCH3 is 1. The van der Waals surface area contributed by atoms with Gasteiger partial charge < -0.3 is 14.6 Å². The fourth-order valence-corrected chi connectivity index (χ4v) is 2.48. The van der Waals surface area contributed by atoms with Gasteiger partial charge in [0.15, 0.2) is 29.0 Å². The van der Waals surface area contributed by atoms with Gasteiger partial charge in [-0.2, -0.15) is 0 Å². The van der Waals surface area contributed by atoms with Crippen LogP contribution in [-0.2, 0) is 19.1 Å². The van der Waals surface area contributed by atoms with Crippen molar-refractivity contribution in [3.05, 3.63) is 40.1 Å². The number of ketones is 2. The lowest BCUT2D eigenvalue weighted by molar-refractivity contribution is -0.151. The highest BCUT2D eigenvalue weighted by Crippen LogP contribution is 2.35. The zero-order valence-electron chi connectivity index (χ0n) is 12.3. The highest BCUT2D eigenvalue weighted by atomic mass is 79.9. The van der Waals surface area contributed by atoms with E-state index in [0.717, 1.165) is 12.2 Å². The van der Waals surface area contributed by atoms with E-state index in [1.165, 1.54) is 26.2 Å². The molecule has 1 aliphatic rings. The molecule has 0 saturated carbocycles. The molecule has 6 nitrogen and oxygen atoms in total. The summed E-state index contributed by atoms with van der Waals surface area (Å²) in [6, 6.07) is 3.07. The van der Waals surface area contributed by atoms with Gasteiger partial charge in [-0.1, -0.05) is 6.08 Å². The molecule has 2 rings (SSSR count). The summed E-state index contributed by atoms with van der Waals surface area (Å²) >= 11 is 3.16. The van der Waals surface area contributed by atoms with E-state index in [1.54, 1.807) is 6.07 Å². The monoisotopic (exact) mass is 380 g/mol. The Morgan fingerprint density at radius 3 is 2.70 bits per heavy atom. The van der Waals surface area contributed by atoms with E-state index in [2.05, 4.69) is 15.9 Å². The van der Waals surface area contributed by atoms with Gasteiger partial charge in [-0.25, -0.2) is 0 Å². The number of cyclic esters (lactones) is 1. The smallest absolute Gasteiger partial charge is 0.329 e. The third kappa shape index (κ3) is 3.68. The number of esters is 1. The predicted octanol–water partition coefficient (Wildman–Crippen LogP) is 2.39. The molecule has 0 fully saturated rings. The maximum absolute atomic E-state index is 12.1. The number of halogens is 1. The van der Waals surface area contributed by atoms with Crippen LogP contribution in [0.15, 0.2) is 34.5 Å². The molecule has 1 aromatic rings. The fraction of sp³-hybridized carbons (Fsp3) is 0.188. The van der Waals surface area contributed by atoms with Crippen LogP contribution in [0.2, 0.25) is 0 Å². The number of carbonyl (C=O) groups is 3. The Morgan fingerprint density at radius 2 is 2.09 bits per heavy atom. The van der Waals surface area contributed by atoms with Crippen molar-refractivity contribution in [2.45, 2.75) is 6.92 Å². The number of allylic oxidation sites excluding steroid dienone is 3. The van der Waals surface area contributed by atoms with Gasteiger partial charge in [0, 0.05) is 6.08 Å². The van der Waals surface area contributed by atoms with E-state index in [0.29, 0.717) is 10.0 Å². The molecule has 0 aromatic heterocycles. The van der Waals surface area contributed by atoms with Crippen LogP contribution in [0.1, 0.15) is 12.5 Å². The number of benzene rings is 1. The minimum absolute atomic E-state index is 0.0670. The topological polar surface area (TPSA) is 89.9 Å². The van der Waals surface area contributed by atoms with Crippen molar-refractivity contribution in [3.63, 3.8) is 0 Å². The molecule has 1 aromatic carbocycles. The number of hydrogen-bond donors (Lipinski definition) is 1. The Bertz CT molecular complexity index is 747. The number of carbonyl (C=O) groups excluding carboxylic acids is 3. The molecule has 120 valence electrons. The molecule has 0 bridgehead atoms. The number of phenols is 1. The van der Waals surface area contributed by atoms with E-state index in [9.17, 15) is 19.5 Å². The normalized spacial score (nSPS) is 17.9. The van der Waals surface area contributed by atoms with E-state index >= 15 is 0 Å². The molecule has 0 saturated heterocycles. The minimum atomic E-state index is -1.47. The quantitative estimate of drug-likeness (QED) is 0.490. The van der Waals surface area contributed by atoms with Crippen LogP contribution in [-0.4, -0.2) is 29.8 Å². The number of hydrogen-bond acceptors (Lipinski definition) is 6. The van der Waals surface area contributed by atoms with Crippen molar-refractivity contribution in [2.24, 2.45) is 5.92 Å². The molecule has 1 N–H and O–H groups in total. The third-order valence-corrected chi connectivity index (χ3v) is 3.73. The fourth-order valence-electron chi connectivity index (χ4n) is 2.02. The van der Waals surface area contributed by atoms with Crippen molar-refractivity contribution in [1.82, 2.24) is 0 Å². The van der Waals surface area contributed by atoms with Gasteiger partial charge in [-0.15, -0.1) is 0 Å². The average molecular weight is 381 g/mol. The van der Waals surface area contributed by atoms with Crippen molar-refractivity contribution < 1.29 is 29.0 Å². The molecule has 1 heterocycles. The maximum Gasteiger partial charge on any atom is 0.329 e. The molecule has 0 aliphatic carbocycles. The SMILES string of the molecule is COc1cc(/C=C/C(=O)[C@H]2C(=O)C=C(C)OC2=O)cc(Br)c1O. The van der Waals surface area contributed by atoms with Crippen LogP contribution in [0.5, 0.6) is 11.5 Å². The summed E-state index contributed by atoms with van der Waals surface area (Å²) in [6.07, 6.45) is 3.66. The van der Waals surface area contributed by atoms with Gasteiger partial charge in [0.1, 0.15) is 5.76 Å². The van der Waals surface area contributed by atoms with Crippen LogP contribution in [0.4, 0.5) is 0 Å². The van der Waals surface area contributed by atoms with Crippen molar-refractivity contribution in [2.75, 3.05) is 7.11 Å². The predicted molar refractivity (Wildman–Crippen MR) is 84.7 cm³/mol. The Morgan fingerprint density at radius 1 is 1.39 bits per heavy atom. The first-order chi connectivity index (χ1) is 10.8. The number of rotatable bonds is 4. The lowest BCUT2D eigenvalue weighted by Gasteiger charge is -2.15. The molecule has 0 unspecified atom stereocenters. The highest BCUT2D eigenvalue weighted by molar-refractivity contribution is 9.10. The Balaban J connectivity index is 2.24. The van der Waals surface area contributed by atoms with Crippen LogP contribution < -0.4 is 4.74 Å². The molecule has 1 aliphatic heterocycles. The second kappa shape index (κ2) is 6.78. The summed E-state index contributed by atoms with van der Waals surface area (Å²) in [4.78, 5) is 35.5. The first-order valence-electron chi connectivity index (χ1n) is 6.55. The zero-order valence-corrected chi connectivity index (χ0v) is 13.9. The van der Waals surface area contributed by atoms with Gasteiger partial charge in [-0.3, -0.25) is 14.4 Å². The van der Waals surface area contributed by atoms with Crippen molar-refractivity contribution >= 4 is 39.5 Å². The first kappa shape index (κ1) is 17.0. The number of ether oxygens (including phenoxy) is 2. The average Bonchev–Trinajstić information content (AvgIpc) is 2.47. The van der Waals surface area contributed by atoms with Crippen LogP contribution in [0, 0.1) is 5.92 Å². The number of phenolic OH excluding ortho intramolecular Hbond substituents is 1. The van der Waals surface area contributed by atoms with E-state index < -0.39 is 23.5 Å². The molecular weight excluding hydrogens is 368 g/mol. The summed E-state index contributed by atoms with van der Waals surface area (Å²) in [7, 11) is 1.39. The lowest BCUT2D eigenvalue weighted by atomic mass is 9.96. The van der Waals surface area contributed by atoms with Gasteiger partial charge >= 0.3 is 5.97 Å². The molecule has 0 amide bonds. The standard InChI is InChI=1S/C16H13BrO6/c1-8-5-12(19)14(16(21)23-8)11(18)4-3-9-6-10(17)15(20)13(7-9)22-2/h3-7,14,20H,1-2H3/b4-3+/t14-/m0/s1. The molecule has 1 atom stereocenters. The van der Waals surface area contributed by atoms with Gasteiger partial charge in [-0.05, 0) is 46.6 Å². The van der Waals surface area contributed by atoms with Crippen molar-refractivity contribution in [1.29, 1.82) is 0 Å². The molecule has 7 heteroatoms. The summed E-state index contributed by atoms with van der Waals surface area (Å²) in [5.41, 5.74) is 0.545. The van der Waals surface area contributed by atoms with E-state index in [-0.39, 0.29) is 17.3 Å². The molecule has 0 spiro atoms. The third-order valence-electron chi connectivity index (χ3n) is 3.12. The Kier molecular flexibility index (Phi) is 5.00. The van der Waals surface area contributed by atoms with Crippen LogP contribution >= 0.6 is 15.9 Å². The summed E-state index contributed by atoms with van der Waals surface area (Å²) < 4.78 is 10.2. The minimum Gasteiger partial charge on any atom is -0.503 e. The first-order valence-corrected chi connectivity index (χ1v) is 7.35. The second-order valence-corrected chi connectivity index (χ2v) is 5.66. The van der Waals surface area contributed by atoms with Gasteiger partial charge in [0.2, 0.25) is 0 Å². The van der Waals surface area contributed by atoms with Gasteiger partial charge in [0.25, 0.3) is 0 Å². The Labute approximate surface area is 140 Å². The molecule has 23 heavy (non-hydrogen) atoms. The number of aromatic hydroxyl groups is 1.